The maximum atomic E-state index is 12.3. The number of fused-ring (bicyclic) bond motifs is 3. The van der Waals surface area contributed by atoms with Gasteiger partial charge < -0.3 is 14.2 Å². The first-order valence-electron chi connectivity index (χ1n) is 9.51. The van der Waals surface area contributed by atoms with Gasteiger partial charge in [-0.2, -0.15) is 0 Å². The number of allylic oxidation sites excluding steroid dienone is 1. The van der Waals surface area contributed by atoms with Gasteiger partial charge in [-0.15, -0.1) is 0 Å². The van der Waals surface area contributed by atoms with Crippen LogP contribution in [0.15, 0.2) is 47.1 Å². The molecule has 0 amide bonds. The van der Waals surface area contributed by atoms with Crippen LogP contribution in [0.4, 0.5) is 0 Å². The number of ether oxygens (including phenoxy) is 3. The fourth-order valence-corrected chi connectivity index (χ4v) is 4.23. The Hall–Kier alpha value is -2.63. The molecular weight excluding hydrogens is 360 g/mol. The molecule has 28 heavy (non-hydrogen) atoms. The van der Waals surface area contributed by atoms with Crippen molar-refractivity contribution in [3.8, 4) is 0 Å². The van der Waals surface area contributed by atoms with Crippen LogP contribution in [0.1, 0.15) is 40.0 Å². The molecule has 0 aromatic rings. The van der Waals surface area contributed by atoms with Gasteiger partial charge in [-0.3, -0.25) is 4.79 Å². The molecule has 0 spiro atoms. The Balaban J connectivity index is 1.94. The van der Waals surface area contributed by atoms with Crippen molar-refractivity contribution in [3.05, 3.63) is 47.1 Å². The highest BCUT2D eigenvalue weighted by Crippen LogP contribution is 2.50. The predicted molar refractivity (Wildman–Crippen MR) is 102 cm³/mol. The Morgan fingerprint density at radius 3 is 2.64 bits per heavy atom. The van der Waals surface area contributed by atoms with Gasteiger partial charge in [0.25, 0.3) is 0 Å². The minimum atomic E-state index is -0.499. The van der Waals surface area contributed by atoms with Gasteiger partial charge >= 0.3 is 17.9 Å². The van der Waals surface area contributed by atoms with E-state index in [1.54, 1.807) is 19.9 Å². The predicted octanol–water partition coefficient (Wildman–Crippen LogP) is 3.19. The molecule has 6 nitrogen and oxygen atoms in total. The van der Waals surface area contributed by atoms with E-state index in [0.717, 1.165) is 11.1 Å². The molecule has 150 valence electrons. The van der Waals surface area contributed by atoms with E-state index >= 15 is 0 Å². The van der Waals surface area contributed by atoms with E-state index in [0.29, 0.717) is 36.0 Å². The van der Waals surface area contributed by atoms with Gasteiger partial charge in [0.05, 0.1) is 0 Å². The number of hydrogen-bond acceptors (Lipinski definition) is 6. The van der Waals surface area contributed by atoms with Crippen molar-refractivity contribution in [2.75, 3.05) is 6.61 Å². The van der Waals surface area contributed by atoms with Crippen LogP contribution < -0.4 is 0 Å². The number of carbonyl (C=O) groups excluding carboxylic acids is 3. The second-order valence-electron chi connectivity index (χ2n) is 7.57. The molecule has 3 rings (SSSR count). The lowest BCUT2D eigenvalue weighted by molar-refractivity contribution is -0.143. The Morgan fingerprint density at radius 2 is 2.00 bits per heavy atom. The molecule has 0 radical (unpaired) electrons. The van der Waals surface area contributed by atoms with E-state index in [4.69, 9.17) is 14.2 Å². The van der Waals surface area contributed by atoms with Crippen LogP contribution in [0.2, 0.25) is 0 Å². The highest BCUT2D eigenvalue weighted by Gasteiger charge is 2.51. The third-order valence-corrected chi connectivity index (χ3v) is 5.94. The van der Waals surface area contributed by atoms with E-state index < -0.39 is 18.2 Å². The molecular formula is C22H26O6. The first-order chi connectivity index (χ1) is 13.2. The van der Waals surface area contributed by atoms with Crippen molar-refractivity contribution in [1.29, 1.82) is 0 Å². The highest BCUT2D eigenvalue weighted by molar-refractivity contribution is 5.91. The van der Waals surface area contributed by atoms with Crippen LogP contribution in [-0.4, -0.2) is 36.7 Å². The summed E-state index contributed by atoms with van der Waals surface area (Å²) < 4.78 is 16.6. The van der Waals surface area contributed by atoms with Crippen molar-refractivity contribution < 1.29 is 28.6 Å². The Kier molecular flexibility index (Phi) is 5.59. The molecule has 1 saturated carbocycles. The van der Waals surface area contributed by atoms with Crippen LogP contribution in [0.3, 0.4) is 0 Å². The average molecular weight is 386 g/mol. The van der Waals surface area contributed by atoms with Gasteiger partial charge in [0.2, 0.25) is 0 Å². The van der Waals surface area contributed by atoms with Crippen LogP contribution in [0, 0.1) is 11.8 Å². The first kappa shape index (κ1) is 20.1. The average Bonchev–Trinajstić information content (AvgIpc) is 3.05. The van der Waals surface area contributed by atoms with Gasteiger partial charge in [-0.25, -0.2) is 9.59 Å². The first-order valence-corrected chi connectivity index (χ1v) is 9.51. The summed E-state index contributed by atoms with van der Waals surface area (Å²) in [6.45, 7) is 13.1. The van der Waals surface area contributed by atoms with Gasteiger partial charge in [-0.1, -0.05) is 24.8 Å². The monoisotopic (exact) mass is 386 g/mol. The van der Waals surface area contributed by atoms with Crippen LogP contribution in [0.5, 0.6) is 0 Å². The fraction of sp³-hybridized carbons (Fsp3) is 0.500. The lowest BCUT2D eigenvalue weighted by atomic mass is 9.84. The molecule has 1 saturated heterocycles. The van der Waals surface area contributed by atoms with Crippen LogP contribution >= 0.6 is 0 Å². The minimum absolute atomic E-state index is 0.120. The van der Waals surface area contributed by atoms with Crippen molar-refractivity contribution in [1.82, 2.24) is 0 Å². The lowest BCUT2D eigenvalue weighted by Crippen LogP contribution is -2.28. The fourth-order valence-electron chi connectivity index (χ4n) is 4.23. The Bertz CT molecular complexity index is 815. The Labute approximate surface area is 164 Å². The number of rotatable bonds is 4. The smallest absolute Gasteiger partial charge is 0.334 e. The van der Waals surface area contributed by atoms with Crippen molar-refractivity contribution >= 4 is 17.9 Å². The van der Waals surface area contributed by atoms with E-state index in [1.807, 2.05) is 0 Å². The number of carbonyl (C=O) groups is 3. The van der Waals surface area contributed by atoms with Gasteiger partial charge in [0.1, 0.15) is 18.8 Å². The van der Waals surface area contributed by atoms with Crippen molar-refractivity contribution in [3.63, 3.8) is 0 Å². The quantitative estimate of drug-likeness (QED) is 0.320. The number of esters is 3. The third kappa shape index (κ3) is 3.55. The summed E-state index contributed by atoms with van der Waals surface area (Å²) in [5, 5.41) is 0. The van der Waals surface area contributed by atoms with Gasteiger partial charge in [-0.05, 0) is 37.8 Å². The summed E-state index contributed by atoms with van der Waals surface area (Å²) >= 11 is 0. The number of hydrogen-bond donors (Lipinski definition) is 0. The maximum absolute atomic E-state index is 12.3. The van der Waals surface area contributed by atoms with Crippen molar-refractivity contribution in [2.45, 2.75) is 52.2 Å². The maximum Gasteiger partial charge on any atom is 0.334 e. The molecule has 2 fully saturated rings. The molecule has 0 aromatic heterocycles. The molecule has 6 heteroatoms. The lowest BCUT2D eigenvalue weighted by Gasteiger charge is -2.24. The second-order valence-corrected chi connectivity index (χ2v) is 7.57. The molecule has 0 N–H and O–H groups in total. The van der Waals surface area contributed by atoms with E-state index in [2.05, 4.69) is 13.2 Å². The molecule has 2 aliphatic carbocycles. The topological polar surface area (TPSA) is 78.9 Å². The zero-order chi connectivity index (χ0) is 20.6. The zero-order valence-electron chi connectivity index (χ0n) is 16.6. The second kappa shape index (κ2) is 7.78. The summed E-state index contributed by atoms with van der Waals surface area (Å²) in [6, 6.07) is 0. The minimum Gasteiger partial charge on any atom is -0.461 e. The zero-order valence-corrected chi connectivity index (χ0v) is 16.6. The Morgan fingerprint density at radius 1 is 1.29 bits per heavy atom. The molecule has 1 heterocycles. The summed E-state index contributed by atoms with van der Waals surface area (Å²) in [4.78, 5) is 35.7. The standard InChI is InChI=1S/C22H26O6/c1-6-11(2)21(24)27-18-9-17-15(10-26-14(5)23)7-8-16-12(3)22(25)28-20(16)19(17)13(18)4/h6,16,18-20H,3-4,7-10H2,1-2,5H3/b11-6-/t16-,18-,19-,20-/m0/s1. The largest absolute Gasteiger partial charge is 0.461 e. The van der Waals surface area contributed by atoms with Crippen LogP contribution in [0.25, 0.3) is 0 Å². The molecule has 1 aliphatic heterocycles. The van der Waals surface area contributed by atoms with Crippen molar-refractivity contribution in [2.24, 2.45) is 11.8 Å². The normalized spacial score (nSPS) is 29.8. The van der Waals surface area contributed by atoms with Crippen LogP contribution in [-0.2, 0) is 28.6 Å². The third-order valence-electron chi connectivity index (χ3n) is 5.94. The molecule has 4 atom stereocenters. The van der Waals surface area contributed by atoms with E-state index in [9.17, 15) is 14.4 Å². The van der Waals surface area contributed by atoms with Gasteiger partial charge in [0.15, 0.2) is 0 Å². The van der Waals surface area contributed by atoms with Gasteiger partial charge in [0, 0.05) is 36.3 Å². The summed E-state index contributed by atoms with van der Waals surface area (Å²) in [6.07, 6.45) is 2.63. The highest BCUT2D eigenvalue weighted by atomic mass is 16.6. The SMILES string of the molecule is C=C1[C@H]2C(=C(COC(C)=O)CC[C@H]3C(=C)C(=O)O[C@H]23)C[C@@H]1OC(=O)/C(C)=C\C. The molecule has 0 aromatic carbocycles. The van der Waals surface area contributed by atoms with E-state index in [-0.39, 0.29) is 30.4 Å². The summed E-state index contributed by atoms with van der Waals surface area (Å²) in [5.41, 5.74) is 3.69. The molecule has 0 unspecified atom stereocenters. The van der Waals surface area contributed by atoms with E-state index in [1.165, 1.54) is 6.92 Å². The summed E-state index contributed by atoms with van der Waals surface area (Å²) in [5.74, 6) is -1.50. The molecule has 0 bridgehead atoms. The molecule has 3 aliphatic rings. The summed E-state index contributed by atoms with van der Waals surface area (Å²) in [7, 11) is 0.